The fourth-order valence-corrected chi connectivity index (χ4v) is 3.45. The molecule has 3 rings (SSSR count). The topological polar surface area (TPSA) is 48.7 Å². The van der Waals surface area contributed by atoms with Gasteiger partial charge in [0.1, 0.15) is 16.9 Å². The van der Waals surface area contributed by atoms with Gasteiger partial charge in [-0.15, -0.1) is 0 Å². The first kappa shape index (κ1) is 16.4. The van der Waals surface area contributed by atoms with Crippen molar-refractivity contribution in [1.82, 2.24) is 0 Å². The van der Waals surface area contributed by atoms with E-state index in [1.54, 1.807) is 7.11 Å². The summed E-state index contributed by atoms with van der Waals surface area (Å²) in [6, 6.07) is 5.77. The summed E-state index contributed by atoms with van der Waals surface area (Å²) < 4.78 is 16.7. The van der Waals surface area contributed by atoms with Gasteiger partial charge in [-0.2, -0.15) is 0 Å². The van der Waals surface area contributed by atoms with Crippen molar-refractivity contribution in [3.8, 4) is 5.75 Å². The highest BCUT2D eigenvalue weighted by Crippen LogP contribution is 2.39. The Bertz CT molecular complexity index is 934. The van der Waals surface area contributed by atoms with Crippen molar-refractivity contribution in [2.24, 2.45) is 0 Å². The van der Waals surface area contributed by atoms with E-state index in [0.717, 1.165) is 50.8 Å². The standard InChI is InChI=1S/C20H22O4/c1-6-14-11(3)17(20(21)23-7-2)12(4)18-15-9-8-13(22-5)10-16(15)24-19(14)18/h8-10H,6-7H2,1-5H3. The zero-order chi connectivity index (χ0) is 17.4. The first-order chi connectivity index (χ1) is 11.5. The van der Waals surface area contributed by atoms with Crippen LogP contribution in [0.15, 0.2) is 22.6 Å². The third kappa shape index (κ3) is 2.33. The number of carbonyl (C=O) groups excluding carboxylic acids is 1. The molecule has 126 valence electrons. The van der Waals surface area contributed by atoms with Gasteiger partial charge in [0.2, 0.25) is 0 Å². The van der Waals surface area contributed by atoms with Crippen molar-refractivity contribution in [2.75, 3.05) is 13.7 Å². The van der Waals surface area contributed by atoms with E-state index in [-0.39, 0.29) is 5.97 Å². The Morgan fingerprint density at radius 2 is 1.92 bits per heavy atom. The van der Waals surface area contributed by atoms with Crippen molar-refractivity contribution in [2.45, 2.75) is 34.1 Å². The quantitative estimate of drug-likeness (QED) is 0.636. The first-order valence-corrected chi connectivity index (χ1v) is 8.22. The average Bonchev–Trinajstić information content (AvgIpc) is 2.93. The lowest BCUT2D eigenvalue weighted by molar-refractivity contribution is 0.0525. The number of furan rings is 1. The average molecular weight is 326 g/mol. The van der Waals surface area contributed by atoms with E-state index in [2.05, 4.69) is 6.92 Å². The van der Waals surface area contributed by atoms with Gasteiger partial charge in [-0.05, 0) is 56.0 Å². The van der Waals surface area contributed by atoms with Crippen molar-refractivity contribution >= 4 is 27.9 Å². The molecule has 24 heavy (non-hydrogen) atoms. The number of carbonyl (C=O) groups is 1. The summed E-state index contributed by atoms with van der Waals surface area (Å²) in [6.07, 6.45) is 0.784. The van der Waals surface area contributed by atoms with Gasteiger partial charge < -0.3 is 13.9 Å². The molecule has 0 radical (unpaired) electrons. The Labute approximate surface area is 141 Å². The molecule has 0 N–H and O–H groups in total. The molecule has 0 aliphatic heterocycles. The highest BCUT2D eigenvalue weighted by molar-refractivity contribution is 6.12. The molecule has 1 aromatic heterocycles. The van der Waals surface area contributed by atoms with Crippen LogP contribution in [-0.4, -0.2) is 19.7 Å². The van der Waals surface area contributed by atoms with Gasteiger partial charge in [-0.3, -0.25) is 0 Å². The fraction of sp³-hybridized carbons (Fsp3) is 0.350. The first-order valence-electron chi connectivity index (χ1n) is 8.22. The van der Waals surface area contributed by atoms with Gasteiger partial charge in [0.05, 0.1) is 19.3 Å². The Kier molecular flexibility index (Phi) is 4.22. The Balaban J connectivity index is 2.43. The number of ether oxygens (including phenoxy) is 2. The second-order valence-electron chi connectivity index (χ2n) is 5.85. The molecule has 2 aromatic carbocycles. The lowest BCUT2D eigenvalue weighted by atomic mass is 9.92. The molecule has 4 nitrogen and oxygen atoms in total. The predicted molar refractivity (Wildman–Crippen MR) is 95.1 cm³/mol. The fourth-order valence-electron chi connectivity index (χ4n) is 3.45. The monoisotopic (exact) mass is 326 g/mol. The van der Waals surface area contributed by atoms with Gasteiger partial charge in [0.25, 0.3) is 0 Å². The molecule has 0 saturated carbocycles. The largest absolute Gasteiger partial charge is 0.497 e. The molecule has 0 fully saturated rings. The number of benzene rings is 2. The molecular formula is C20H22O4. The summed E-state index contributed by atoms with van der Waals surface area (Å²) in [5.41, 5.74) is 5.16. The van der Waals surface area contributed by atoms with Crippen LogP contribution in [0.3, 0.4) is 0 Å². The number of fused-ring (bicyclic) bond motifs is 3. The van der Waals surface area contributed by atoms with Gasteiger partial charge in [0.15, 0.2) is 0 Å². The van der Waals surface area contributed by atoms with Crippen LogP contribution in [0.1, 0.15) is 40.9 Å². The van der Waals surface area contributed by atoms with E-state index in [9.17, 15) is 4.79 Å². The summed E-state index contributed by atoms with van der Waals surface area (Å²) >= 11 is 0. The minimum Gasteiger partial charge on any atom is -0.497 e. The van der Waals surface area contributed by atoms with Gasteiger partial charge in [0, 0.05) is 16.8 Å². The molecule has 0 saturated heterocycles. The van der Waals surface area contributed by atoms with Crippen LogP contribution in [0.5, 0.6) is 5.75 Å². The molecule has 0 atom stereocenters. The van der Waals surface area contributed by atoms with Crippen LogP contribution in [0.4, 0.5) is 0 Å². The zero-order valence-corrected chi connectivity index (χ0v) is 14.8. The Hall–Kier alpha value is -2.49. The number of hydrogen-bond donors (Lipinski definition) is 0. The maximum Gasteiger partial charge on any atom is 0.338 e. The number of esters is 1. The van der Waals surface area contributed by atoms with Crippen LogP contribution in [0.25, 0.3) is 21.9 Å². The number of aryl methyl sites for hydroxylation is 2. The molecule has 0 spiro atoms. The maximum atomic E-state index is 12.5. The molecule has 4 heteroatoms. The van der Waals surface area contributed by atoms with E-state index in [4.69, 9.17) is 13.9 Å². The summed E-state index contributed by atoms with van der Waals surface area (Å²) in [6.45, 7) is 8.17. The van der Waals surface area contributed by atoms with Crippen molar-refractivity contribution in [1.29, 1.82) is 0 Å². The van der Waals surface area contributed by atoms with Crippen LogP contribution >= 0.6 is 0 Å². The molecular weight excluding hydrogens is 304 g/mol. The summed E-state index contributed by atoms with van der Waals surface area (Å²) in [5.74, 6) is 0.478. The molecule has 0 aliphatic rings. The molecule has 3 aromatic rings. The van der Waals surface area contributed by atoms with E-state index < -0.39 is 0 Å². The smallest absolute Gasteiger partial charge is 0.338 e. The predicted octanol–water partition coefficient (Wildman–Crippen LogP) is 4.95. The zero-order valence-electron chi connectivity index (χ0n) is 14.8. The lowest BCUT2D eigenvalue weighted by Gasteiger charge is -2.14. The van der Waals surface area contributed by atoms with E-state index in [1.807, 2.05) is 39.0 Å². The van der Waals surface area contributed by atoms with Crippen molar-refractivity contribution < 1.29 is 18.7 Å². The van der Waals surface area contributed by atoms with Crippen molar-refractivity contribution in [3.05, 3.63) is 40.5 Å². The van der Waals surface area contributed by atoms with Crippen LogP contribution in [0.2, 0.25) is 0 Å². The van der Waals surface area contributed by atoms with Gasteiger partial charge in [-0.25, -0.2) is 4.79 Å². The van der Waals surface area contributed by atoms with E-state index >= 15 is 0 Å². The van der Waals surface area contributed by atoms with Crippen LogP contribution < -0.4 is 4.74 Å². The summed E-state index contributed by atoms with van der Waals surface area (Å²) in [5, 5.41) is 1.97. The summed E-state index contributed by atoms with van der Waals surface area (Å²) in [4.78, 5) is 12.5. The van der Waals surface area contributed by atoms with E-state index in [1.165, 1.54) is 0 Å². The van der Waals surface area contributed by atoms with Crippen molar-refractivity contribution in [3.63, 3.8) is 0 Å². The SMILES string of the molecule is CCOC(=O)c1c(C)c(CC)c2oc3cc(OC)ccc3c2c1C. The second kappa shape index (κ2) is 6.19. The lowest BCUT2D eigenvalue weighted by Crippen LogP contribution is -2.11. The van der Waals surface area contributed by atoms with Gasteiger partial charge >= 0.3 is 5.97 Å². The van der Waals surface area contributed by atoms with Crippen LogP contribution in [0, 0.1) is 13.8 Å². The van der Waals surface area contributed by atoms with Gasteiger partial charge in [-0.1, -0.05) is 6.92 Å². The molecule has 0 bridgehead atoms. The Morgan fingerprint density at radius 1 is 1.17 bits per heavy atom. The normalized spacial score (nSPS) is 11.2. The summed E-state index contributed by atoms with van der Waals surface area (Å²) in [7, 11) is 1.63. The number of hydrogen-bond acceptors (Lipinski definition) is 4. The number of methoxy groups -OCH3 is 1. The third-order valence-corrected chi connectivity index (χ3v) is 4.58. The highest BCUT2D eigenvalue weighted by Gasteiger charge is 2.23. The maximum absolute atomic E-state index is 12.5. The molecule has 0 unspecified atom stereocenters. The minimum atomic E-state index is -0.271. The Morgan fingerprint density at radius 3 is 2.54 bits per heavy atom. The third-order valence-electron chi connectivity index (χ3n) is 4.58. The second-order valence-corrected chi connectivity index (χ2v) is 5.85. The number of rotatable bonds is 4. The molecule has 0 amide bonds. The molecule has 1 heterocycles. The van der Waals surface area contributed by atoms with Crippen LogP contribution in [-0.2, 0) is 11.2 Å². The minimum absolute atomic E-state index is 0.271. The van der Waals surface area contributed by atoms with E-state index in [0.29, 0.717) is 12.2 Å². The molecule has 0 aliphatic carbocycles. The highest BCUT2D eigenvalue weighted by atomic mass is 16.5.